The Hall–Kier alpha value is -3.47. The SMILES string of the molecule is CN(C)c1ccc(C(=O)c2cncc(C(=O)c3ccc(N(C)C)cc3)c2)cc1. The van der Waals surface area contributed by atoms with Crippen molar-refractivity contribution in [2.75, 3.05) is 38.0 Å². The Labute approximate surface area is 165 Å². The Bertz CT molecular complexity index is 912. The fourth-order valence-corrected chi connectivity index (χ4v) is 2.84. The predicted molar refractivity (Wildman–Crippen MR) is 113 cm³/mol. The molecule has 0 aliphatic rings. The molecule has 142 valence electrons. The van der Waals surface area contributed by atoms with Crippen molar-refractivity contribution in [1.29, 1.82) is 0 Å². The van der Waals surface area contributed by atoms with Crippen LogP contribution in [0, 0.1) is 0 Å². The fraction of sp³-hybridized carbons (Fsp3) is 0.174. The van der Waals surface area contributed by atoms with Crippen molar-refractivity contribution < 1.29 is 9.59 Å². The molecule has 2 aromatic carbocycles. The number of benzene rings is 2. The molecule has 0 fully saturated rings. The molecule has 1 heterocycles. The van der Waals surface area contributed by atoms with Gasteiger partial charge < -0.3 is 9.80 Å². The Kier molecular flexibility index (Phi) is 5.54. The normalized spacial score (nSPS) is 10.4. The Morgan fingerprint density at radius 3 is 1.29 bits per heavy atom. The number of hydrogen-bond donors (Lipinski definition) is 0. The third kappa shape index (κ3) is 4.09. The summed E-state index contributed by atoms with van der Waals surface area (Å²) in [6.45, 7) is 0. The topological polar surface area (TPSA) is 53.5 Å². The zero-order valence-electron chi connectivity index (χ0n) is 16.5. The number of carbonyl (C=O) groups excluding carboxylic acids is 2. The molecule has 5 nitrogen and oxygen atoms in total. The van der Waals surface area contributed by atoms with E-state index in [-0.39, 0.29) is 11.6 Å². The zero-order valence-corrected chi connectivity index (χ0v) is 16.5. The molecule has 3 rings (SSSR count). The third-order valence-corrected chi connectivity index (χ3v) is 4.55. The number of nitrogens with zero attached hydrogens (tertiary/aromatic N) is 3. The van der Waals surface area contributed by atoms with Crippen LogP contribution in [-0.4, -0.2) is 44.7 Å². The van der Waals surface area contributed by atoms with Crippen LogP contribution < -0.4 is 9.80 Å². The highest BCUT2D eigenvalue weighted by Gasteiger charge is 2.15. The van der Waals surface area contributed by atoms with Gasteiger partial charge in [0.25, 0.3) is 0 Å². The van der Waals surface area contributed by atoms with Gasteiger partial charge in [-0.15, -0.1) is 0 Å². The van der Waals surface area contributed by atoms with Crippen molar-refractivity contribution >= 4 is 22.9 Å². The summed E-state index contributed by atoms with van der Waals surface area (Å²) in [4.78, 5) is 33.6. The van der Waals surface area contributed by atoms with Crippen LogP contribution in [0.15, 0.2) is 67.0 Å². The Morgan fingerprint density at radius 2 is 0.964 bits per heavy atom. The fourth-order valence-electron chi connectivity index (χ4n) is 2.84. The van der Waals surface area contributed by atoms with Gasteiger partial charge in [0, 0.05) is 74.2 Å². The van der Waals surface area contributed by atoms with Gasteiger partial charge in [-0.3, -0.25) is 14.6 Å². The summed E-state index contributed by atoms with van der Waals surface area (Å²) in [6, 6.07) is 16.3. The second-order valence-electron chi connectivity index (χ2n) is 7.00. The minimum atomic E-state index is -0.157. The summed E-state index contributed by atoms with van der Waals surface area (Å²) in [5.74, 6) is -0.314. The van der Waals surface area contributed by atoms with Crippen LogP contribution in [0.5, 0.6) is 0 Å². The number of rotatable bonds is 6. The van der Waals surface area contributed by atoms with E-state index in [9.17, 15) is 9.59 Å². The third-order valence-electron chi connectivity index (χ3n) is 4.55. The summed E-state index contributed by atoms with van der Waals surface area (Å²) < 4.78 is 0. The average molecular weight is 373 g/mol. The van der Waals surface area contributed by atoms with Crippen LogP contribution in [0.4, 0.5) is 11.4 Å². The van der Waals surface area contributed by atoms with Crippen LogP contribution in [0.1, 0.15) is 31.8 Å². The standard InChI is InChI=1S/C23H23N3O2/c1-25(2)20-9-5-16(6-10-20)22(27)18-13-19(15-24-14-18)23(28)17-7-11-21(12-8-17)26(3)4/h5-15H,1-4H3. The predicted octanol–water partition coefficient (Wildman–Crippen LogP) is 3.68. The second-order valence-corrected chi connectivity index (χ2v) is 7.00. The first-order valence-corrected chi connectivity index (χ1v) is 8.96. The van der Waals surface area contributed by atoms with E-state index in [1.54, 1.807) is 30.3 Å². The highest BCUT2D eigenvalue weighted by molar-refractivity contribution is 6.13. The summed E-state index contributed by atoms with van der Waals surface area (Å²) >= 11 is 0. The maximum Gasteiger partial charge on any atom is 0.194 e. The van der Waals surface area contributed by atoms with Gasteiger partial charge in [-0.1, -0.05) is 0 Å². The zero-order chi connectivity index (χ0) is 20.3. The van der Waals surface area contributed by atoms with Crippen LogP contribution >= 0.6 is 0 Å². The summed E-state index contributed by atoms with van der Waals surface area (Å²) in [7, 11) is 7.78. The molecule has 0 N–H and O–H groups in total. The van der Waals surface area contributed by atoms with E-state index >= 15 is 0 Å². The van der Waals surface area contributed by atoms with Crippen molar-refractivity contribution in [2.24, 2.45) is 0 Å². The van der Waals surface area contributed by atoms with Crippen molar-refractivity contribution in [2.45, 2.75) is 0 Å². The second kappa shape index (κ2) is 8.05. The maximum atomic E-state index is 12.8. The highest BCUT2D eigenvalue weighted by Crippen LogP contribution is 2.18. The molecule has 0 saturated heterocycles. The van der Waals surface area contributed by atoms with Crippen molar-refractivity contribution in [3.05, 3.63) is 89.2 Å². The first-order chi connectivity index (χ1) is 13.4. The van der Waals surface area contributed by atoms with Gasteiger partial charge >= 0.3 is 0 Å². The van der Waals surface area contributed by atoms with E-state index in [0.717, 1.165) is 11.4 Å². The van der Waals surface area contributed by atoms with Crippen LogP contribution in [0.3, 0.4) is 0 Å². The van der Waals surface area contributed by atoms with Gasteiger partial charge in [0.1, 0.15) is 0 Å². The Balaban J connectivity index is 1.85. The number of anilines is 2. The summed E-state index contributed by atoms with van der Waals surface area (Å²) in [5, 5.41) is 0. The molecule has 0 unspecified atom stereocenters. The lowest BCUT2D eigenvalue weighted by molar-refractivity contribution is 0.103. The number of aromatic nitrogens is 1. The van der Waals surface area contributed by atoms with Gasteiger partial charge in [-0.05, 0) is 54.6 Å². The molecule has 1 aromatic heterocycles. The summed E-state index contributed by atoms with van der Waals surface area (Å²) in [5.41, 5.74) is 3.95. The largest absolute Gasteiger partial charge is 0.378 e. The smallest absolute Gasteiger partial charge is 0.194 e. The minimum absolute atomic E-state index is 0.157. The molecule has 28 heavy (non-hydrogen) atoms. The first kappa shape index (κ1) is 19.3. The molecule has 0 atom stereocenters. The lowest BCUT2D eigenvalue weighted by atomic mass is 9.99. The molecular formula is C23H23N3O2. The molecule has 0 radical (unpaired) electrons. The van der Waals surface area contributed by atoms with Crippen LogP contribution in [0.25, 0.3) is 0 Å². The molecule has 0 spiro atoms. The molecule has 0 aliphatic heterocycles. The molecule has 5 heteroatoms. The lowest BCUT2D eigenvalue weighted by Crippen LogP contribution is -2.10. The molecular weight excluding hydrogens is 350 g/mol. The number of hydrogen-bond acceptors (Lipinski definition) is 5. The van der Waals surface area contributed by atoms with E-state index < -0.39 is 0 Å². The Morgan fingerprint density at radius 1 is 0.607 bits per heavy atom. The van der Waals surface area contributed by atoms with E-state index in [0.29, 0.717) is 22.3 Å². The quantitative estimate of drug-likeness (QED) is 0.617. The van der Waals surface area contributed by atoms with Crippen LogP contribution in [0.2, 0.25) is 0 Å². The number of ketones is 2. The summed E-state index contributed by atoms with van der Waals surface area (Å²) in [6.07, 6.45) is 2.99. The average Bonchev–Trinajstić information content (AvgIpc) is 2.73. The monoisotopic (exact) mass is 373 g/mol. The van der Waals surface area contributed by atoms with Gasteiger partial charge in [-0.25, -0.2) is 0 Å². The number of carbonyl (C=O) groups is 2. The van der Waals surface area contributed by atoms with Crippen molar-refractivity contribution in [3.63, 3.8) is 0 Å². The van der Waals surface area contributed by atoms with E-state index in [1.165, 1.54) is 12.4 Å². The van der Waals surface area contributed by atoms with Crippen molar-refractivity contribution in [3.8, 4) is 0 Å². The van der Waals surface area contributed by atoms with E-state index in [2.05, 4.69) is 4.98 Å². The van der Waals surface area contributed by atoms with Gasteiger partial charge in [0.05, 0.1) is 0 Å². The van der Waals surface area contributed by atoms with Crippen LogP contribution in [-0.2, 0) is 0 Å². The minimum Gasteiger partial charge on any atom is -0.378 e. The van der Waals surface area contributed by atoms with E-state index in [1.807, 2.05) is 62.3 Å². The van der Waals surface area contributed by atoms with Gasteiger partial charge in [0.15, 0.2) is 11.6 Å². The highest BCUT2D eigenvalue weighted by atomic mass is 16.1. The number of pyridine rings is 1. The van der Waals surface area contributed by atoms with E-state index in [4.69, 9.17) is 0 Å². The van der Waals surface area contributed by atoms with Gasteiger partial charge in [0.2, 0.25) is 0 Å². The molecule has 0 saturated carbocycles. The molecule has 3 aromatic rings. The first-order valence-electron chi connectivity index (χ1n) is 8.96. The molecule has 0 bridgehead atoms. The molecule has 0 aliphatic carbocycles. The lowest BCUT2D eigenvalue weighted by Gasteiger charge is -2.13. The van der Waals surface area contributed by atoms with Gasteiger partial charge in [-0.2, -0.15) is 0 Å². The van der Waals surface area contributed by atoms with Crippen molar-refractivity contribution in [1.82, 2.24) is 4.98 Å². The maximum absolute atomic E-state index is 12.8. The molecule has 0 amide bonds.